The van der Waals surface area contributed by atoms with E-state index < -0.39 is 0 Å². The quantitative estimate of drug-likeness (QED) is 0.248. The second-order valence-corrected chi connectivity index (χ2v) is 0. The average molecular weight is 461 g/mol. The third kappa shape index (κ3) is 3620000. The van der Waals surface area contributed by atoms with Gasteiger partial charge in [0.2, 0.25) is 0 Å². The molecule has 0 bridgehead atoms. The van der Waals surface area contributed by atoms with Crippen molar-refractivity contribution < 1.29 is 161 Å². The van der Waals surface area contributed by atoms with E-state index in [0.717, 1.165) is 0 Å². The normalized spacial score (nSPS) is 0.462. The third-order valence-electron chi connectivity index (χ3n) is 0. The van der Waals surface area contributed by atoms with Crippen LogP contribution in [-0.2, 0) is 17.1 Å². The standard InChI is InChI=1S/6CN.Fe.3Na.10H2O/c6*1-2;;;;;;;;;;;;;;/h;;;;;;;;;;10*1H2/q6*-1;+3;3*+1;;;;;;;;;;. The van der Waals surface area contributed by atoms with Gasteiger partial charge < -0.3 is 126 Å². The van der Waals surface area contributed by atoms with E-state index in [1.54, 1.807) is 0 Å². The van der Waals surface area contributed by atoms with E-state index in [0.29, 0.717) is 0 Å². The largest absolute Gasteiger partial charge is 3.00 e. The van der Waals surface area contributed by atoms with Crippen molar-refractivity contribution in [2.24, 2.45) is 0 Å². The van der Waals surface area contributed by atoms with Crippen LogP contribution in [0.25, 0.3) is 0 Å². The van der Waals surface area contributed by atoms with Gasteiger partial charge in [0.05, 0.1) is 0 Å². The zero-order valence-electron chi connectivity index (χ0n) is 14.0. The maximum atomic E-state index is 6.25. The molecule has 20 N–H and O–H groups in total. The molecule has 0 unspecified atom stereocenters. The van der Waals surface area contributed by atoms with Crippen molar-refractivity contribution in [1.82, 2.24) is 0 Å². The first kappa shape index (κ1) is 446. The average Bonchev–Trinajstić information content (AvgIpc) is 2.33. The van der Waals surface area contributed by atoms with Crippen LogP contribution in [-0.4, -0.2) is 54.8 Å². The van der Waals surface area contributed by atoms with Gasteiger partial charge >= 0.3 is 106 Å². The Morgan fingerprint density at radius 1 is 0.231 bits per heavy atom. The van der Waals surface area contributed by atoms with Gasteiger partial charge in [-0.15, -0.1) is 0 Å². The minimum absolute atomic E-state index is 0. The van der Waals surface area contributed by atoms with Crippen LogP contribution in [0.1, 0.15) is 0 Å². The summed E-state index contributed by atoms with van der Waals surface area (Å²) >= 11 is 0. The molecule has 0 atom stereocenters. The van der Waals surface area contributed by atoms with Crippen molar-refractivity contribution in [2.75, 3.05) is 0 Å². The fraction of sp³-hybridized carbons (Fsp3) is 0. The topological polar surface area (TPSA) is 458 Å². The Balaban J connectivity index is -0.000000000833. The molecule has 16 nitrogen and oxygen atoms in total. The molecule has 26 heavy (non-hydrogen) atoms. The minimum atomic E-state index is 0. The molecule has 0 spiro atoms. The fourth-order valence-electron chi connectivity index (χ4n) is 0. The fourth-order valence-corrected chi connectivity index (χ4v) is 0. The number of hydrogen-bond donors (Lipinski definition) is 0. The molecule has 1 radical (unpaired) electrons. The molecule has 0 aliphatic carbocycles. The molecule has 0 aliphatic rings. The van der Waals surface area contributed by atoms with Gasteiger partial charge in [0.25, 0.3) is 0 Å². The molecule has 0 fully saturated rings. The van der Waals surface area contributed by atoms with Crippen LogP contribution in [0.2, 0.25) is 0 Å². The van der Waals surface area contributed by atoms with Gasteiger partial charge in [-0.1, -0.05) is 0 Å². The van der Waals surface area contributed by atoms with Crippen LogP contribution in [0, 0.1) is 71.0 Å². The van der Waals surface area contributed by atoms with Crippen molar-refractivity contribution in [3.63, 3.8) is 0 Å². The van der Waals surface area contributed by atoms with Crippen molar-refractivity contribution >= 4 is 0 Å². The van der Waals surface area contributed by atoms with Gasteiger partial charge in [-0.3, -0.25) is 0 Å². The van der Waals surface area contributed by atoms with Crippen molar-refractivity contribution in [2.45, 2.75) is 0 Å². The second kappa shape index (κ2) is 4100000. The molecule has 0 heterocycles. The molecule has 0 aromatic carbocycles. The SMILES string of the molecule is O.O.O.O.O.O.O.O.O.O.[C-]#N.[C-]#N.[C-]#N.[C-]#N.[C-]#N.[C-]#N.[Fe+3].[Na+].[Na+].[Na+]. The molecule has 145 valence electrons. The molecule has 0 aliphatic heterocycles. The zero-order chi connectivity index (χ0) is 12.0. The molecule has 0 amide bonds. The number of hydrogen-bond acceptors (Lipinski definition) is 6. The first-order valence-electron chi connectivity index (χ1n) is 1.34. The molecular weight excluding hydrogens is 441 g/mol. The summed E-state index contributed by atoms with van der Waals surface area (Å²) in [7, 11) is 0. The van der Waals surface area contributed by atoms with E-state index in [1.807, 2.05) is 0 Å². The summed E-state index contributed by atoms with van der Waals surface area (Å²) in [6, 6.07) is 0. The summed E-state index contributed by atoms with van der Waals surface area (Å²) in [6.07, 6.45) is 0. The minimum Gasteiger partial charge on any atom is -0.512 e. The second-order valence-electron chi connectivity index (χ2n) is 0. The van der Waals surface area contributed by atoms with Crippen LogP contribution >= 0.6 is 0 Å². The first-order valence-corrected chi connectivity index (χ1v) is 1.34. The van der Waals surface area contributed by atoms with E-state index in [9.17, 15) is 0 Å². The molecule has 0 aromatic rings. The van der Waals surface area contributed by atoms with Gasteiger partial charge in [0.15, 0.2) is 0 Å². The predicted molar refractivity (Wildman–Crippen MR) is 65.9 cm³/mol. The Bertz CT molecular complexity index is 128. The Morgan fingerprint density at radius 3 is 0.231 bits per heavy atom. The van der Waals surface area contributed by atoms with E-state index in [2.05, 4.69) is 0 Å². The van der Waals surface area contributed by atoms with Gasteiger partial charge in [-0.2, -0.15) is 0 Å². The monoisotopic (exact) mass is 461 g/mol. The number of rotatable bonds is 0. The summed E-state index contributed by atoms with van der Waals surface area (Å²) in [5.41, 5.74) is 0. The Kier molecular flexibility index (Phi) is 70300000. The molecule has 20 heteroatoms. The Labute approximate surface area is 229 Å². The first-order chi connectivity index (χ1) is 6.00. The van der Waals surface area contributed by atoms with Gasteiger partial charge in [0.1, 0.15) is 0 Å². The van der Waals surface area contributed by atoms with Crippen LogP contribution in [0.15, 0.2) is 0 Å². The summed E-state index contributed by atoms with van der Waals surface area (Å²) in [6.45, 7) is 28.5. The Hall–Kier alpha value is 0.0595. The summed E-state index contributed by atoms with van der Waals surface area (Å²) < 4.78 is 0. The van der Waals surface area contributed by atoms with Crippen LogP contribution in [0.5, 0.6) is 0 Å². The molecular formula is C6H20FeN6Na3O10. The van der Waals surface area contributed by atoms with Gasteiger partial charge in [-0.25, -0.2) is 0 Å². The molecule has 0 aromatic heterocycles. The zero-order valence-corrected chi connectivity index (χ0v) is 21.1. The van der Waals surface area contributed by atoms with Crippen LogP contribution < -0.4 is 88.7 Å². The van der Waals surface area contributed by atoms with Crippen molar-refractivity contribution in [3.8, 4) is 0 Å². The van der Waals surface area contributed by atoms with Gasteiger partial charge in [0, 0.05) is 0 Å². The van der Waals surface area contributed by atoms with Crippen molar-refractivity contribution in [3.05, 3.63) is 39.4 Å². The van der Waals surface area contributed by atoms with Gasteiger partial charge in [-0.05, 0) is 0 Å². The molecule has 0 saturated heterocycles. The van der Waals surface area contributed by atoms with E-state index in [1.165, 1.54) is 0 Å². The van der Waals surface area contributed by atoms with E-state index in [4.69, 9.17) is 71.0 Å². The number of nitrogens with zero attached hydrogens (tertiary/aromatic N) is 6. The molecule has 0 rings (SSSR count). The summed E-state index contributed by atoms with van der Waals surface area (Å²) in [4.78, 5) is 0. The summed E-state index contributed by atoms with van der Waals surface area (Å²) in [5, 5.41) is 37.5. The van der Waals surface area contributed by atoms with E-state index >= 15 is 0 Å². The predicted octanol–water partition coefficient (Wildman–Crippen LogP) is -16.7. The third-order valence-corrected chi connectivity index (χ3v) is 0. The molecule has 0 saturated carbocycles. The van der Waals surface area contributed by atoms with Crippen LogP contribution in [0.3, 0.4) is 0 Å². The maximum absolute atomic E-state index is 6.25. The summed E-state index contributed by atoms with van der Waals surface area (Å²) in [5.74, 6) is 0. The van der Waals surface area contributed by atoms with Crippen LogP contribution in [0.4, 0.5) is 0 Å². The Morgan fingerprint density at radius 2 is 0.231 bits per heavy atom. The smallest absolute Gasteiger partial charge is 0.512 e. The van der Waals surface area contributed by atoms with Crippen molar-refractivity contribution in [1.29, 1.82) is 31.6 Å². The van der Waals surface area contributed by atoms with E-state index in [-0.39, 0.29) is 161 Å². The maximum Gasteiger partial charge on any atom is 3.00 e.